The second-order valence-electron chi connectivity index (χ2n) is 3.87. The van der Waals surface area contributed by atoms with Gasteiger partial charge < -0.3 is 15.4 Å². The number of hydrogen-bond donors (Lipinski definition) is 2. The molecule has 5 nitrogen and oxygen atoms in total. The minimum absolute atomic E-state index is 0.185. The number of hydrogen-bond acceptors (Lipinski definition) is 4. The van der Waals surface area contributed by atoms with Gasteiger partial charge in [-0.1, -0.05) is 11.2 Å². The van der Waals surface area contributed by atoms with Crippen LogP contribution in [-0.2, 0) is 0 Å². The molecule has 5 heteroatoms. The number of aromatic nitrogens is 1. The minimum atomic E-state index is -0.956. The van der Waals surface area contributed by atoms with Crippen LogP contribution in [-0.4, -0.2) is 16.2 Å². The number of anilines is 1. The van der Waals surface area contributed by atoms with E-state index in [0.717, 1.165) is 11.1 Å². The van der Waals surface area contributed by atoms with E-state index in [2.05, 4.69) is 5.16 Å². The Bertz CT molecular complexity index is 587. The molecule has 0 unspecified atom stereocenters. The molecule has 0 aliphatic heterocycles. The Morgan fingerprint density at radius 2 is 2.12 bits per heavy atom. The van der Waals surface area contributed by atoms with Crippen LogP contribution in [0.1, 0.15) is 21.5 Å². The molecule has 1 aromatic carbocycles. The van der Waals surface area contributed by atoms with Crippen molar-refractivity contribution in [2.75, 3.05) is 5.73 Å². The van der Waals surface area contributed by atoms with E-state index in [4.69, 9.17) is 15.4 Å². The van der Waals surface area contributed by atoms with Crippen LogP contribution in [0.25, 0.3) is 11.1 Å². The van der Waals surface area contributed by atoms with E-state index in [1.165, 1.54) is 6.20 Å². The van der Waals surface area contributed by atoms with Crippen LogP contribution in [0.15, 0.2) is 22.9 Å². The topological polar surface area (TPSA) is 89.4 Å². The van der Waals surface area contributed by atoms with Crippen molar-refractivity contribution >= 4 is 11.9 Å². The van der Waals surface area contributed by atoms with Gasteiger partial charge in [-0.25, -0.2) is 4.79 Å². The van der Waals surface area contributed by atoms with E-state index < -0.39 is 5.97 Å². The Balaban J connectivity index is 2.65. The number of nitrogens with zero attached hydrogens (tertiary/aromatic N) is 1. The van der Waals surface area contributed by atoms with Gasteiger partial charge in [0.05, 0.1) is 17.3 Å². The lowest BCUT2D eigenvalue weighted by Crippen LogP contribution is -2.02. The van der Waals surface area contributed by atoms with Crippen molar-refractivity contribution in [3.05, 3.63) is 35.0 Å². The summed E-state index contributed by atoms with van der Waals surface area (Å²) in [6.45, 7) is 3.63. The zero-order chi connectivity index (χ0) is 12.6. The Labute approximate surface area is 97.8 Å². The highest BCUT2D eigenvalue weighted by molar-refractivity contribution is 5.92. The average molecular weight is 232 g/mol. The average Bonchev–Trinajstić information content (AvgIpc) is 2.68. The molecule has 0 bridgehead atoms. The van der Waals surface area contributed by atoms with E-state index in [0.29, 0.717) is 11.1 Å². The summed E-state index contributed by atoms with van der Waals surface area (Å²) in [5.74, 6) is -0.771. The summed E-state index contributed by atoms with van der Waals surface area (Å²) in [5.41, 5.74) is 8.82. The first-order valence-electron chi connectivity index (χ1n) is 5.05. The number of carbonyl (C=O) groups is 1. The van der Waals surface area contributed by atoms with Gasteiger partial charge in [-0.15, -0.1) is 0 Å². The van der Waals surface area contributed by atoms with Crippen LogP contribution < -0.4 is 5.73 Å². The van der Waals surface area contributed by atoms with Gasteiger partial charge in [0, 0.05) is 0 Å². The van der Waals surface area contributed by atoms with Crippen LogP contribution in [0.2, 0.25) is 0 Å². The van der Waals surface area contributed by atoms with E-state index in [9.17, 15) is 4.79 Å². The molecular weight excluding hydrogens is 220 g/mol. The third-order valence-corrected chi connectivity index (χ3v) is 2.81. The maximum atomic E-state index is 11.1. The zero-order valence-electron chi connectivity index (χ0n) is 9.52. The normalized spacial score (nSPS) is 10.5. The van der Waals surface area contributed by atoms with E-state index in [1.54, 1.807) is 13.0 Å². The molecule has 0 fully saturated rings. The van der Waals surface area contributed by atoms with Gasteiger partial charge in [0.1, 0.15) is 0 Å². The van der Waals surface area contributed by atoms with Crippen molar-refractivity contribution in [2.24, 2.45) is 0 Å². The maximum absolute atomic E-state index is 11.1. The van der Waals surface area contributed by atoms with Gasteiger partial charge in [0.15, 0.2) is 0 Å². The molecule has 2 rings (SSSR count). The highest BCUT2D eigenvalue weighted by Crippen LogP contribution is 2.29. The second-order valence-corrected chi connectivity index (χ2v) is 3.87. The summed E-state index contributed by atoms with van der Waals surface area (Å²) in [4.78, 5) is 11.1. The number of nitrogen functional groups attached to an aromatic ring is 1. The number of rotatable bonds is 2. The number of benzene rings is 1. The van der Waals surface area contributed by atoms with Crippen molar-refractivity contribution < 1.29 is 14.4 Å². The maximum Gasteiger partial charge on any atom is 0.335 e. The molecule has 0 aliphatic rings. The number of aryl methyl sites for hydroxylation is 1. The Hall–Kier alpha value is -2.30. The van der Waals surface area contributed by atoms with E-state index >= 15 is 0 Å². The number of carboxylic acids is 1. The third-order valence-electron chi connectivity index (χ3n) is 2.81. The highest BCUT2D eigenvalue weighted by Gasteiger charge is 2.14. The highest BCUT2D eigenvalue weighted by atomic mass is 16.5. The summed E-state index contributed by atoms with van der Waals surface area (Å²) in [6, 6.07) is 3.44. The lowest BCUT2D eigenvalue weighted by atomic mass is 9.97. The molecule has 1 heterocycles. The summed E-state index contributed by atoms with van der Waals surface area (Å²) in [5, 5.41) is 12.7. The van der Waals surface area contributed by atoms with Crippen LogP contribution >= 0.6 is 0 Å². The lowest BCUT2D eigenvalue weighted by Gasteiger charge is -2.08. The fourth-order valence-corrected chi connectivity index (χ4v) is 1.70. The minimum Gasteiger partial charge on any atom is -0.478 e. The van der Waals surface area contributed by atoms with Gasteiger partial charge in [-0.2, -0.15) is 0 Å². The monoisotopic (exact) mass is 232 g/mol. The molecule has 0 spiro atoms. The number of nitrogens with two attached hydrogens (primary N) is 1. The Kier molecular flexibility index (Phi) is 2.59. The largest absolute Gasteiger partial charge is 0.478 e. The molecule has 0 atom stereocenters. The fraction of sp³-hybridized carbons (Fsp3) is 0.167. The van der Waals surface area contributed by atoms with Gasteiger partial charge in [0.2, 0.25) is 5.88 Å². The molecule has 2 aromatic rings. The van der Waals surface area contributed by atoms with Crippen LogP contribution in [0, 0.1) is 13.8 Å². The van der Waals surface area contributed by atoms with Gasteiger partial charge in [0.25, 0.3) is 0 Å². The molecule has 0 saturated carbocycles. The molecule has 17 heavy (non-hydrogen) atoms. The van der Waals surface area contributed by atoms with Crippen molar-refractivity contribution in [3.63, 3.8) is 0 Å². The lowest BCUT2D eigenvalue weighted by molar-refractivity contribution is 0.0696. The van der Waals surface area contributed by atoms with Crippen molar-refractivity contribution in [1.29, 1.82) is 0 Å². The first-order chi connectivity index (χ1) is 8.00. The molecule has 0 amide bonds. The van der Waals surface area contributed by atoms with Crippen LogP contribution in [0.3, 0.4) is 0 Å². The van der Waals surface area contributed by atoms with Gasteiger partial charge in [-0.05, 0) is 36.6 Å². The molecule has 0 saturated heterocycles. The zero-order valence-corrected chi connectivity index (χ0v) is 9.52. The molecule has 88 valence electrons. The number of aromatic carboxylic acids is 1. The first-order valence-corrected chi connectivity index (χ1v) is 5.05. The predicted molar refractivity (Wildman–Crippen MR) is 62.8 cm³/mol. The van der Waals surface area contributed by atoms with Crippen molar-refractivity contribution in [2.45, 2.75) is 13.8 Å². The number of carboxylic acid groups (broad SMARTS) is 1. The Morgan fingerprint density at radius 3 is 2.65 bits per heavy atom. The molecule has 3 N–H and O–H groups in total. The van der Waals surface area contributed by atoms with Crippen molar-refractivity contribution in [1.82, 2.24) is 5.16 Å². The first kappa shape index (κ1) is 11.2. The summed E-state index contributed by atoms with van der Waals surface area (Å²) < 4.78 is 4.77. The summed E-state index contributed by atoms with van der Waals surface area (Å²) >= 11 is 0. The predicted octanol–water partition coefficient (Wildman–Crippen LogP) is 2.24. The van der Waals surface area contributed by atoms with E-state index in [-0.39, 0.29) is 11.4 Å². The molecule has 0 aliphatic carbocycles. The molecular formula is C12H12N2O3. The third kappa shape index (κ3) is 1.87. The fourth-order valence-electron chi connectivity index (χ4n) is 1.70. The summed E-state index contributed by atoms with van der Waals surface area (Å²) in [7, 11) is 0. The van der Waals surface area contributed by atoms with Gasteiger partial charge in [-0.3, -0.25) is 0 Å². The second kappa shape index (κ2) is 3.93. The smallest absolute Gasteiger partial charge is 0.335 e. The van der Waals surface area contributed by atoms with Gasteiger partial charge >= 0.3 is 5.97 Å². The standard InChI is InChI=1S/C12H12N2O3/c1-6-3-8(10-5-14-17-11(10)13)4-9(7(6)2)12(15)16/h3-5H,13H2,1-2H3,(H,15,16). The molecule has 1 aromatic heterocycles. The summed E-state index contributed by atoms with van der Waals surface area (Å²) in [6.07, 6.45) is 1.48. The Morgan fingerprint density at radius 1 is 1.41 bits per heavy atom. The molecule has 0 radical (unpaired) electrons. The van der Waals surface area contributed by atoms with Crippen molar-refractivity contribution in [3.8, 4) is 11.1 Å². The van der Waals surface area contributed by atoms with Crippen LogP contribution in [0.5, 0.6) is 0 Å². The SMILES string of the molecule is Cc1cc(-c2cnoc2N)cc(C(=O)O)c1C. The van der Waals surface area contributed by atoms with Crippen LogP contribution in [0.4, 0.5) is 5.88 Å². The quantitative estimate of drug-likeness (QED) is 0.828. The van der Waals surface area contributed by atoms with E-state index in [1.807, 2.05) is 13.0 Å².